The molecule has 1 aromatic carbocycles. The van der Waals surface area contributed by atoms with E-state index in [1.165, 1.54) is 12.1 Å². The van der Waals surface area contributed by atoms with Crippen LogP contribution in [-0.4, -0.2) is 35.1 Å². The molecular formula is C15H19FN2O3. The molecule has 5 nitrogen and oxygen atoms in total. The van der Waals surface area contributed by atoms with Crippen molar-refractivity contribution >= 4 is 17.7 Å². The summed E-state index contributed by atoms with van der Waals surface area (Å²) in [6.07, 6.45) is 0.887. The number of hydrogen-bond donors (Lipinski definition) is 2. The van der Waals surface area contributed by atoms with Crippen LogP contribution in [0.5, 0.6) is 0 Å². The maximum atomic E-state index is 13.8. The number of nitrogens with one attached hydrogen (secondary N) is 1. The zero-order valence-electron chi connectivity index (χ0n) is 12.1. The van der Waals surface area contributed by atoms with Crippen molar-refractivity contribution in [2.24, 2.45) is 11.8 Å². The first kappa shape index (κ1) is 15.3. The van der Waals surface area contributed by atoms with Gasteiger partial charge in [0, 0.05) is 13.1 Å². The molecular weight excluding hydrogens is 275 g/mol. The van der Waals surface area contributed by atoms with E-state index in [1.54, 1.807) is 4.90 Å². The Morgan fingerprint density at radius 2 is 2.05 bits per heavy atom. The number of anilines is 1. The van der Waals surface area contributed by atoms with Crippen molar-refractivity contribution in [1.82, 2.24) is 4.90 Å². The van der Waals surface area contributed by atoms with Gasteiger partial charge in [0.25, 0.3) is 0 Å². The number of carbonyl (C=O) groups is 2. The molecule has 6 heteroatoms. The first-order valence-electron chi connectivity index (χ1n) is 6.98. The fraction of sp³-hybridized carbons (Fsp3) is 0.467. The van der Waals surface area contributed by atoms with E-state index >= 15 is 0 Å². The highest BCUT2D eigenvalue weighted by Crippen LogP contribution is 2.24. The van der Waals surface area contributed by atoms with Crippen LogP contribution < -0.4 is 5.32 Å². The standard InChI is InChI=1S/C15H19FN2O3/c1-9-6-7-18(8-10(9)2)15(21)17-13-11(14(19)20)4-3-5-12(13)16/h3-5,9-10H,6-8H2,1-2H3,(H,17,21)(H,19,20). The lowest BCUT2D eigenvalue weighted by atomic mass is 9.89. The summed E-state index contributed by atoms with van der Waals surface area (Å²) in [7, 11) is 0. The summed E-state index contributed by atoms with van der Waals surface area (Å²) in [5.41, 5.74) is -0.525. The first-order valence-corrected chi connectivity index (χ1v) is 6.98. The van der Waals surface area contributed by atoms with Crippen LogP contribution in [0.1, 0.15) is 30.6 Å². The van der Waals surface area contributed by atoms with Gasteiger partial charge in [-0.1, -0.05) is 19.9 Å². The Kier molecular flexibility index (Phi) is 4.45. The Labute approximate surface area is 122 Å². The largest absolute Gasteiger partial charge is 0.478 e. The number of carboxylic acids is 1. The number of benzene rings is 1. The molecule has 0 spiro atoms. The summed E-state index contributed by atoms with van der Waals surface area (Å²) >= 11 is 0. The third kappa shape index (κ3) is 3.32. The predicted molar refractivity (Wildman–Crippen MR) is 76.9 cm³/mol. The Balaban J connectivity index is 2.15. The molecule has 2 N–H and O–H groups in total. The Morgan fingerprint density at radius 3 is 2.67 bits per heavy atom. The highest BCUT2D eigenvalue weighted by atomic mass is 19.1. The molecule has 2 rings (SSSR count). The van der Waals surface area contributed by atoms with Crippen LogP contribution in [-0.2, 0) is 0 Å². The summed E-state index contributed by atoms with van der Waals surface area (Å²) in [6.45, 7) is 5.38. The van der Waals surface area contributed by atoms with Gasteiger partial charge in [-0.25, -0.2) is 14.0 Å². The van der Waals surface area contributed by atoms with E-state index in [2.05, 4.69) is 19.2 Å². The molecule has 2 unspecified atom stereocenters. The van der Waals surface area contributed by atoms with Gasteiger partial charge in [-0.2, -0.15) is 0 Å². The Morgan fingerprint density at radius 1 is 1.33 bits per heavy atom. The molecule has 0 bridgehead atoms. The van der Waals surface area contributed by atoms with Crippen LogP contribution in [0.2, 0.25) is 0 Å². The number of hydrogen-bond acceptors (Lipinski definition) is 2. The zero-order chi connectivity index (χ0) is 15.6. The topological polar surface area (TPSA) is 69.6 Å². The van der Waals surface area contributed by atoms with Gasteiger partial charge in [0.2, 0.25) is 0 Å². The van der Waals surface area contributed by atoms with E-state index < -0.39 is 17.8 Å². The van der Waals surface area contributed by atoms with Gasteiger partial charge >= 0.3 is 12.0 Å². The van der Waals surface area contributed by atoms with Crippen LogP contribution in [0.3, 0.4) is 0 Å². The number of urea groups is 1. The van der Waals surface area contributed by atoms with Gasteiger partial charge in [-0.3, -0.25) is 0 Å². The van der Waals surface area contributed by atoms with Crippen molar-refractivity contribution in [3.05, 3.63) is 29.6 Å². The van der Waals surface area contributed by atoms with Gasteiger partial charge in [0.15, 0.2) is 0 Å². The summed E-state index contributed by atoms with van der Waals surface area (Å²) in [4.78, 5) is 24.9. The number of para-hydroxylation sites is 1. The second kappa shape index (κ2) is 6.11. The SMILES string of the molecule is CC1CCN(C(=O)Nc2c(F)cccc2C(=O)O)CC1C. The van der Waals surface area contributed by atoms with Crippen LogP contribution in [0.25, 0.3) is 0 Å². The number of piperidine rings is 1. The molecule has 114 valence electrons. The highest BCUT2D eigenvalue weighted by molar-refractivity contribution is 6.00. The molecule has 21 heavy (non-hydrogen) atoms. The van der Waals surface area contributed by atoms with Crippen LogP contribution >= 0.6 is 0 Å². The minimum Gasteiger partial charge on any atom is -0.478 e. The van der Waals surface area contributed by atoms with Crippen molar-refractivity contribution < 1.29 is 19.1 Å². The molecule has 1 aliphatic heterocycles. The number of nitrogens with zero attached hydrogens (tertiary/aromatic N) is 1. The smallest absolute Gasteiger partial charge is 0.337 e. The number of amides is 2. The van der Waals surface area contributed by atoms with Gasteiger partial charge in [-0.15, -0.1) is 0 Å². The molecule has 1 heterocycles. The number of aromatic carboxylic acids is 1. The fourth-order valence-electron chi connectivity index (χ4n) is 2.46. The quantitative estimate of drug-likeness (QED) is 0.880. The van der Waals surface area contributed by atoms with E-state index in [-0.39, 0.29) is 11.3 Å². The van der Waals surface area contributed by atoms with Crippen molar-refractivity contribution in [2.75, 3.05) is 18.4 Å². The second-order valence-electron chi connectivity index (χ2n) is 5.59. The molecule has 1 aromatic rings. The normalized spacial score (nSPS) is 22.0. The highest BCUT2D eigenvalue weighted by Gasteiger charge is 2.27. The lowest BCUT2D eigenvalue weighted by molar-refractivity contribution is 0.0697. The summed E-state index contributed by atoms with van der Waals surface area (Å²) < 4.78 is 13.8. The maximum absolute atomic E-state index is 13.8. The third-order valence-corrected chi connectivity index (χ3v) is 4.10. The molecule has 2 atom stereocenters. The molecule has 0 saturated carbocycles. The van der Waals surface area contributed by atoms with E-state index in [9.17, 15) is 14.0 Å². The van der Waals surface area contributed by atoms with Crippen molar-refractivity contribution in [2.45, 2.75) is 20.3 Å². The zero-order valence-corrected chi connectivity index (χ0v) is 12.1. The molecule has 0 radical (unpaired) electrons. The maximum Gasteiger partial charge on any atom is 0.337 e. The molecule has 0 aromatic heterocycles. The summed E-state index contributed by atoms with van der Waals surface area (Å²) in [6, 6.07) is 3.24. The van der Waals surface area contributed by atoms with Gasteiger partial charge in [0.05, 0.1) is 11.3 Å². The predicted octanol–water partition coefficient (Wildman–Crippen LogP) is 3.03. The number of likely N-dealkylation sites (tertiary alicyclic amines) is 1. The number of carbonyl (C=O) groups excluding carboxylic acids is 1. The Bertz CT molecular complexity index is 562. The minimum atomic E-state index is -1.27. The summed E-state index contributed by atoms with van der Waals surface area (Å²) in [5, 5.41) is 11.5. The van der Waals surface area contributed by atoms with E-state index in [0.717, 1.165) is 12.5 Å². The number of carboxylic acid groups (broad SMARTS) is 1. The molecule has 0 aliphatic carbocycles. The minimum absolute atomic E-state index is 0.248. The molecule has 1 aliphatic rings. The van der Waals surface area contributed by atoms with Crippen LogP contribution in [0, 0.1) is 17.7 Å². The van der Waals surface area contributed by atoms with E-state index in [4.69, 9.17) is 5.11 Å². The molecule has 1 saturated heterocycles. The Hall–Kier alpha value is -2.11. The van der Waals surface area contributed by atoms with Gasteiger partial charge < -0.3 is 15.3 Å². The lowest BCUT2D eigenvalue weighted by Crippen LogP contribution is -2.44. The van der Waals surface area contributed by atoms with Gasteiger partial charge in [-0.05, 0) is 30.4 Å². The molecule has 1 fully saturated rings. The number of rotatable bonds is 2. The van der Waals surface area contributed by atoms with Crippen molar-refractivity contribution in [3.8, 4) is 0 Å². The summed E-state index contributed by atoms with van der Waals surface area (Å²) in [5.74, 6) is -1.12. The molecule has 2 amide bonds. The average Bonchev–Trinajstić information content (AvgIpc) is 2.43. The monoisotopic (exact) mass is 294 g/mol. The van der Waals surface area contributed by atoms with Crippen molar-refractivity contribution in [1.29, 1.82) is 0 Å². The van der Waals surface area contributed by atoms with E-state index in [1.807, 2.05) is 0 Å². The third-order valence-electron chi connectivity index (χ3n) is 4.10. The van der Waals surface area contributed by atoms with E-state index in [0.29, 0.717) is 24.9 Å². The van der Waals surface area contributed by atoms with Crippen molar-refractivity contribution in [3.63, 3.8) is 0 Å². The second-order valence-corrected chi connectivity index (χ2v) is 5.59. The fourth-order valence-corrected chi connectivity index (χ4v) is 2.46. The first-order chi connectivity index (χ1) is 9.90. The van der Waals surface area contributed by atoms with Gasteiger partial charge in [0.1, 0.15) is 5.82 Å². The average molecular weight is 294 g/mol. The van der Waals surface area contributed by atoms with Crippen LogP contribution in [0.15, 0.2) is 18.2 Å². The lowest BCUT2D eigenvalue weighted by Gasteiger charge is -2.35. The van der Waals surface area contributed by atoms with Crippen LogP contribution in [0.4, 0.5) is 14.9 Å². The number of halogens is 1.